The Morgan fingerprint density at radius 1 is 1.22 bits per heavy atom. The Labute approximate surface area is 105 Å². The van der Waals surface area contributed by atoms with E-state index >= 15 is 0 Å². The molecule has 1 N–H and O–H groups in total. The first kappa shape index (κ1) is 11.1. The molecule has 2 heterocycles. The molecule has 18 heavy (non-hydrogen) atoms. The number of hydrogen-bond donors (Lipinski definition) is 1. The van der Waals surface area contributed by atoms with Crippen LogP contribution in [-0.4, -0.2) is 9.55 Å². The molecule has 0 saturated heterocycles. The lowest BCUT2D eigenvalue weighted by atomic mass is 10.1. The van der Waals surface area contributed by atoms with Gasteiger partial charge in [-0.2, -0.15) is 0 Å². The highest BCUT2D eigenvalue weighted by atomic mass is 16.1. The van der Waals surface area contributed by atoms with Crippen LogP contribution in [0.3, 0.4) is 0 Å². The van der Waals surface area contributed by atoms with Gasteiger partial charge in [0.25, 0.3) is 5.56 Å². The molecule has 3 nitrogen and oxygen atoms in total. The van der Waals surface area contributed by atoms with E-state index in [0.29, 0.717) is 0 Å². The molecular weight excluding hydrogens is 224 g/mol. The van der Waals surface area contributed by atoms with Crippen molar-refractivity contribution in [3.63, 3.8) is 0 Å². The van der Waals surface area contributed by atoms with Crippen molar-refractivity contribution in [2.24, 2.45) is 7.05 Å². The minimum absolute atomic E-state index is 0.0331. The zero-order chi connectivity index (χ0) is 12.9. The van der Waals surface area contributed by atoms with Crippen LogP contribution in [0, 0.1) is 6.92 Å². The topological polar surface area (TPSA) is 37.8 Å². The number of fused-ring (bicyclic) bond motifs is 3. The molecule has 2 aromatic heterocycles. The molecule has 1 aromatic carbocycles. The second-order valence-corrected chi connectivity index (χ2v) is 4.73. The number of aromatic amines is 1. The smallest absolute Gasteiger partial charge is 0.250 e. The van der Waals surface area contributed by atoms with Crippen LogP contribution in [0.5, 0.6) is 0 Å². The van der Waals surface area contributed by atoms with Crippen molar-refractivity contribution >= 4 is 21.8 Å². The third-order valence-corrected chi connectivity index (χ3v) is 3.77. The third-order valence-electron chi connectivity index (χ3n) is 3.77. The Hall–Kier alpha value is -2.03. The second-order valence-electron chi connectivity index (χ2n) is 4.73. The predicted octanol–water partition coefficient (Wildman–Crippen LogP) is 2.89. The first-order valence-electron chi connectivity index (χ1n) is 6.23. The van der Waals surface area contributed by atoms with Crippen molar-refractivity contribution in [1.29, 1.82) is 0 Å². The standard InChI is InChI=1S/C15H16N2O/c1-4-11-9(2)15-10-5-8-14(18)17(3)13(10)7-6-12(15)16-11/h5-8,16H,4H2,1-3H3. The van der Waals surface area contributed by atoms with E-state index in [9.17, 15) is 4.79 Å². The van der Waals surface area contributed by atoms with Gasteiger partial charge < -0.3 is 9.55 Å². The lowest BCUT2D eigenvalue weighted by molar-refractivity contribution is 0.907. The van der Waals surface area contributed by atoms with E-state index in [2.05, 4.69) is 24.9 Å². The summed E-state index contributed by atoms with van der Waals surface area (Å²) in [5, 5.41) is 2.38. The maximum absolute atomic E-state index is 11.7. The molecule has 3 heteroatoms. The number of aromatic nitrogens is 2. The Morgan fingerprint density at radius 2 is 2.00 bits per heavy atom. The summed E-state index contributed by atoms with van der Waals surface area (Å²) in [4.78, 5) is 15.1. The van der Waals surface area contributed by atoms with E-state index in [4.69, 9.17) is 0 Å². The van der Waals surface area contributed by atoms with Gasteiger partial charge in [-0.1, -0.05) is 6.92 Å². The molecule has 3 rings (SSSR count). The average Bonchev–Trinajstić information content (AvgIpc) is 2.71. The molecule has 0 aliphatic carbocycles. The summed E-state index contributed by atoms with van der Waals surface area (Å²) in [5.41, 5.74) is 4.73. The molecule has 0 spiro atoms. The lowest BCUT2D eigenvalue weighted by Crippen LogP contribution is -2.14. The molecule has 0 amide bonds. The van der Waals surface area contributed by atoms with Crippen molar-refractivity contribution in [2.45, 2.75) is 20.3 Å². The predicted molar refractivity (Wildman–Crippen MR) is 75.2 cm³/mol. The monoisotopic (exact) mass is 240 g/mol. The molecule has 92 valence electrons. The fourth-order valence-electron chi connectivity index (χ4n) is 2.72. The van der Waals surface area contributed by atoms with Crippen LogP contribution in [0.4, 0.5) is 0 Å². The normalized spacial score (nSPS) is 11.5. The van der Waals surface area contributed by atoms with E-state index in [1.54, 1.807) is 10.6 Å². The van der Waals surface area contributed by atoms with Crippen LogP contribution >= 0.6 is 0 Å². The van der Waals surface area contributed by atoms with Gasteiger partial charge in [0.1, 0.15) is 0 Å². The summed E-state index contributed by atoms with van der Waals surface area (Å²) < 4.78 is 1.70. The molecule has 0 fully saturated rings. The highest BCUT2D eigenvalue weighted by Crippen LogP contribution is 2.29. The van der Waals surface area contributed by atoms with Crippen LogP contribution in [-0.2, 0) is 13.5 Å². The van der Waals surface area contributed by atoms with Gasteiger partial charge in [0.15, 0.2) is 0 Å². The number of nitrogens with one attached hydrogen (secondary N) is 1. The molecule has 0 bridgehead atoms. The molecule has 0 radical (unpaired) electrons. The first-order chi connectivity index (χ1) is 8.63. The van der Waals surface area contributed by atoms with Gasteiger partial charge in [-0.3, -0.25) is 4.79 Å². The number of rotatable bonds is 1. The van der Waals surface area contributed by atoms with Gasteiger partial charge in [0, 0.05) is 35.1 Å². The number of H-pyrrole nitrogens is 1. The molecule has 0 saturated carbocycles. The van der Waals surface area contributed by atoms with Gasteiger partial charge in [-0.15, -0.1) is 0 Å². The van der Waals surface area contributed by atoms with Crippen LogP contribution in [0.1, 0.15) is 18.2 Å². The van der Waals surface area contributed by atoms with Gasteiger partial charge in [0.05, 0.1) is 5.52 Å². The Bertz CT molecular complexity index is 809. The highest BCUT2D eigenvalue weighted by Gasteiger charge is 2.10. The van der Waals surface area contributed by atoms with Crippen LogP contribution in [0.15, 0.2) is 29.1 Å². The molecular formula is C15H16N2O. The van der Waals surface area contributed by atoms with Crippen LogP contribution < -0.4 is 5.56 Å². The van der Waals surface area contributed by atoms with E-state index < -0.39 is 0 Å². The van der Waals surface area contributed by atoms with Crippen molar-refractivity contribution in [3.05, 3.63) is 45.9 Å². The quantitative estimate of drug-likeness (QED) is 0.697. The van der Waals surface area contributed by atoms with Gasteiger partial charge >= 0.3 is 0 Å². The average molecular weight is 240 g/mol. The van der Waals surface area contributed by atoms with Gasteiger partial charge in [0.2, 0.25) is 0 Å². The van der Waals surface area contributed by atoms with Crippen molar-refractivity contribution < 1.29 is 0 Å². The zero-order valence-corrected chi connectivity index (χ0v) is 10.9. The number of pyridine rings is 1. The van der Waals surface area contributed by atoms with Gasteiger partial charge in [-0.05, 0) is 37.1 Å². The highest BCUT2D eigenvalue weighted by molar-refractivity contribution is 6.07. The van der Waals surface area contributed by atoms with Crippen molar-refractivity contribution in [1.82, 2.24) is 9.55 Å². The summed E-state index contributed by atoms with van der Waals surface area (Å²) in [6.45, 7) is 4.29. The zero-order valence-electron chi connectivity index (χ0n) is 10.9. The van der Waals surface area contributed by atoms with E-state index in [-0.39, 0.29) is 5.56 Å². The van der Waals surface area contributed by atoms with Gasteiger partial charge in [-0.25, -0.2) is 0 Å². The number of nitrogens with zero attached hydrogens (tertiary/aromatic N) is 1. The summed E-state index contributed by atoms with van der Waals surface area (Å²) in [5.74, 6) is 0. The molecule has 0 unspecified atom stereocenters. The number of benzene rings is 1. The molecule has 0 aliphatic heterocycles. The molecule has 0 aliphatic rings. The maximum atomic E-state index is 11.7. The number of aryl methyl sites for hydroxylation is 3. The minimum Gasteiger partial charge on any atom is -0.358 e. The van der Waals surface area contributed by atoms with Crippen molar-refractivity contribution in [2.75, 3.05) is 0 Å². The fraction of sp³-hybridized carbons (Fsp3) is 0.267. The summed E-state index contributed by atoms with van der Waals surface area (Å²) >= 11 is 0. The Morgan fingerprint density at radius 3 is 2.72 bits per heavy atom. The second kappa shape index (κ2) is 3.73. The summed E-state index contributed by atoms with van der Waals surface area (Å²) in [6.07, 6.45) is 0.994. The van der Waals surface area contributed by atoms with Crippen LogP contribution in [0.25, 0.3) is 21.8 Å². The SMILES string of the molecule is CCc1[nH]c2ccc3c(ccc(=O)n3C)c2c1C. The van der Waals surface area contributed by atoms with E-state index in [1.807, 2.05) is 19.2 Å². The third kappa shape index (κ3) is 1.33. The first-order valence-corrected chi connectivity index (χ1v) is 6.23. The minimum atomic E-state index is 0.0331. The number of hydrogen-bond acceptors (Lipinski definition) is 1. The largest absolute Gasteiger partial charge is 0.358 e. The van der Waals surface area contributed by atoms with Crippen molar-refractivity contribution in [3.8, 4) is 0 Å². The Balaban J connectivity index is 2.57. The lowest BCUT2D eigenvalue weighted by Gasteiger charge is -2.05. The fourth-order valence-corrected chi connectivity index (χ4v) is 2.72. The van der Waals surface area contributed by atoms with E-state index in [0.717, 1.165) is 22.8 Å². The molecule has 0 atom stereocenters. The summed E-state index contributed by atoms with van der Waals surface area (Å²) in [7, 11) is 1.82. The van der Waals surface area contributed by atoms with Crippen LogP contribution in [0.2, 0.25) is 0 Å². The summed E-state index contributed by atoms with van der Waals surface area (Å²) in [6, 6.07) is 7.64. The molecule has 3 aromatic rings. The Kier molecular flexibility index (Phi) is 2.30. The van der Waals surface area contributed by atoms with E-state index in [1.165, 1.54) is 16.6 Å². The maximum Gasteiger partial charge on any atom is 0.250 e.